The molecule has 0 aliphatic rings. The van der Waals surface area contributed by atoms with E-state index in [4.69, 9.17) is 0 Å². The van der Waals surface area contributed by atoms with Gasteiger partial charge in [0.15, 0.2) is 0 Å². The Hall–Kier alpha value is -0.870. The number of anilines is 1. The number of pyridine rings is 1. The zero-order chi connectivity index (χ0) is 10.7. The quantitative estimate of drug-likeness (QED) is 0.926. The monoisotopic (exact) mass is 282 g/mol. The molecule has 2 heterocycles. The average Bonchev–Trinajstić information content (AvgIpc) is 2.64. The molecule has 1 N–H and O–H groups in total. The standard InChI is InChI=1S/C11H11BrN2S/c1-8-2-3-9(6-13-8)14-7-10-4-5-11(12)15-10/h2-6,14H,7H2,1H3. The Bertz CT molecular complexity index is 436. The number of nitrogens with one attached hydrogen (secondary N) is 1. The van der Waals surface area contributed by atoms with E-state index in [0.29, 0.717) is 0 Å². The van der Waals surface area contributed by atoms with Crippen LogP contribution in [0.2, 0.25) is 0 Å². The fraction of sp³-hybridized carbons (Fsp3) is 0.182. The first kappa shape index (κ1) is 10.6. The van der Waals surface area contributed by atoms with Gasteiger partial charge in [0.05, 0.1) is 15.7 Å². The molecule has 0 bridgehead atoms. The zero-order valence-electron chi connectivity index (χ0n) is 8.33. The summed E-state index contributed by atoms with van der Waals surface area (Å²) in [5, 5.41) is 3.33. The van der Waals surface area contributed by atoms with Gasteiger partial charge in [0.2, 0.25) is 0 Å². The first-order valence-corrected chi connectivity index (χ1v) is 6.26. The van der Waals surface area contributed by atoms with Gasteiger partial charge < -0.3 is 5.32 Å². The van der Waals surface area contributed by atoms with Gasteiger partial charge in [-0.3, -0.25) is 4.98 Å². The van der Waals surface area contributed by atoms with E-state index < -0.39 is 0 Å². The van der Waals surface area contributed by atoms with Gasteiger partial charge in [-0.2, -0.15) is 0 Å². The van der Waals surface area contributed by atoms with Crippen LogP contribution < -0.4 is 5.32 Å². The third-order valence-corrected chi connectivity index (χ3v) is 3.63. The minimum absolute atomic E-state index is 0.848. The molecule has 78 valence electrons. The fourth-order valence-electron chi connectivity index (χ4n) is 1.21. The van der Waals surface area contributed by atoms with E-state index in [1.165, 1.54) is 8.66 Å². The smallest absolute Gasteiger partial charge is 0.0702 e. The van der Waals surface area contributed by atoms with E-state index in [9.17, 15) is 0 Å². The van der Waals surface area contributed by atoms with Crippen LogP contribution in [0.25, 0.3) is 0 Å². The summed E-state index contributed by atoms with van der Waals surface area (Å²) in [6, 6.07) is 8.23. The van der Waals surface area contributed by atoms with Crippen molar-refractivity contribution in [3.8, 4) is 0 Å². The molecule has 0 aromatic carbocycles. The normalized spacial score (nSPS) is 10.3. The minimum Gasteiger partial charge on any atom is -0.379 e. The van der Waals surface area contributed by atoms with Crippen LogP contribution >= 0.6 is 27.3 Å². The molecule has 2 rings (SSSR count). The van der Waals surface area contributed by atoms with Crippen molar-refractivity contribution in [2.45, 2.75) is 13.5 Å². The Morgan fingerprint density at radius 3 is 2.80 bits per heavy atom. The minimum atomic E-state index is 0.848. The Balaban J connectivity index is 1.96. The molecule has 0 atom stereocenters. The number of aromatic nitrogens is 1. The predicted molar refractivity (Wildman–Crippen MR) is 68.3 cm³/mol. The molecule has 0 spiro atoms. The molecule has 0 aliphatic heterocycles. The van der Waals surface area contributed by atoms with Crippen molar-refractivity contribution in [3.63, 3.8) is 0 Å². The highest BCUT2D eigenvalue weighted by Crippen LogP contribution is 2.22. The largest absolute Gasteiger partial charge is 0.379 e. The first-order chi connectivity index (χ1) is 7.24. The van der Waals surface area contributed by atoms with Gasteiger partial charge in [0.25, 0.3) is 0 Å². The maximum Gasteiger partial charge on any atom is 0.0702 e. The first-order valence-electron chi connectivity index (χ1n) is 4.65. The number of rotatable bonds is 3. The van der Waals surface area contributed by atoms with Crippen LogP contribution in [-0.4, -0.2) is 4.98 Å². The highest BCUT2D eigenvalue weighted by atomic mass is 79.9. The lowest BCUT2D eigenvalue weighted by atomic mass is 10.3. The topological polar surface area (TPSA) is 24.9 Å². The number of halogens is 1. The van der Waals surface area contributed by atoms with Crippen molar-refractivity contribution < 1.29 is 0 Å². The molecule has 0 saturated carbocycles. The summed E-state index contributed by atoms with van der Waals surface area (Å²) in [5.74, 6) is 0. The Morgan fingerprint density at radius 2 is 2.20 bits per heavy atom. The molecule has 15 heavy (non-hydrogen) atoms. The number of nitrogens with zero attached hydrogens (tertiary/aromatic N) is 1. The van der Waals surface area contributed by atoms with Crippen molar-refractivity contribution in [1.29, 1.82) is 0 Å². The fourth-order valence-corrected chi connectivity index (χ4v) is 2.63. The van der Waals surface area contributed by atoms with E-state index in [-0.39, 0.29) is 0 Å². The highest BCUT2D eigenvalue weighted by molar-refractivity contribution is 9.11. The van der Waals surface area contributed by atoms with Gasteiger partial charge in [-0.15, -0.1) is 11.3 Å². The van der Waals surface area contributed by atoms with Gasteiger partial charge in [-0.1, -0.05) is 0 Å². The summed E-state index contributed by atoms with van der Waals surface area (Å²) in [6.07, 6.45) is 1.86. The molecular weight excluding hydrogens is 272 g/mol. The third-order valence-electron chi connectivity index (χ3n) is 2.01. The highest BCUT2D eigenvalue weighted by Gasteiger charge is 1.97. The SMILES string of the molecule is Cc1ccc(NCc2ccc(Br)s2)cn1. The van der Waals surface area contributed by atoms with E-state index in [1.54, 1.807) is 11.3 Å². The molecule has 2 nitrogen and oxygen atoms in total. The number of hydrogen-bond acceptors (Lipinski definition) is 3. The van der Waals surface area contributed by atoms with Gasteiger partial charge in [0, 0.05) is 17.1 Å². The summed E-state index contributed by atoms with van der Waals surface area (Å²) < 4.78 is 1.17. The molecule has 4 heteroatoms. The lowest BCUT2D eigenvalue weighted by Gasteiger charge is -2.03. The van der Waals surface area contributed by atoms with Crippen LogP contribution in [0.1, 0.15) is 10.6 Å². The van der Waals surface area contributed by atoms with E-state index in [0.717, 1.165) is 17.9 Å². The zero-order valence-corrected chi connectivity index (χ0v) is 10.7. The van der Waals surface area contributed by atoms with Crippen LogP contribution in [0, 0.1) is 6.92 Å². The third kappa shape index (κ3) is 3.04. The summed E-state index contributed by atoms with van der Waals surface area (Å²) in [6.45, 7) is 2.83. The van der Waals surface area contributed by atoms with E-state index in [1.807, 2.05) is 25.3 Å². The maximum absolute atomic E-state index is 4.23. The van der Waals surface area contributed by atoms with E-state index >= 15 is 0 Å². The Kier molecular flexibility index (Phi) is 3.38. The number of hydrogen-bond donors (Lipinski definition) is 1. The van der Waals surface area contributed by atoms with Crippen molar-refractivity contribution in [1.82, 2.24) is 4.98 Å². The summed E-state index contributed by atoms with van der Waals surface area (Å²) in [4.78, 5) is 5.54. The molecule has 0 aliphatic carbocycles. The van der Waals surface area contributed by atoms with Crippen LogP contribution in [0.5, 0.6) is 0 Å². The molecule has 0 amide bonds. The average molecular weight is 283 g/mol. The molecule has 2 aromatic rings. The number of aryl methyl sites for hydroxylation is 1. The van der Waals surface area contributed by atoms with Crippen molar-refractivity contribution in [2.75, 3.05) is 5.32 Å². The van der Waals surface area contributed by atoms with Crippen LogP contribution in [0.4, 0.5) is 5.69 Å². The van der Waals surface area contributed by atoms with Gasteiger partial charge in [-0.25, -0.2) is 0 Å². The molecule has 0 saturated heterocycles. The summed E-state index contributed by atoms with van der Waals surface area (Å²) in [7, 11) is 0. The molecule has 0 fully saturated rings. The molecular formula is C11H11BrN2S. The van der Waals surface area contributed by atoms with E-state index in [2.05, 4.69) is 38.4 Å². The lowest BCUT2D eigenvalue weighted by molar-refractivity contribution is 1.15. The lowest BCUT2D eigenvalue weighted by Crippen LogP contribution is -1.97. The summed E-state index contributed by atoms with van der Waals surface area (Å²) in [5.41, 5.74) is 2.10. The van der Waals surface area contributed by atoms with Crippen LogP contribution in [0.15, 0.2) is 34.2 Å². The number of thiophene rings is 1. The van der Waals surface area contributed by atoms with Gasteiger partial charge in [0.1, 0.15) is 0 Å². The van der Waals surface area contributed by atoms with Gasteiger partial charge in [-0.05, 0) is 47.1 Å². The maximum atomic E-state index is 4.23. The van der Waals surface area contributed by atoms with Crippen molar-refractivity contribution in [3.05, 3.63) is 44.8 Å². The second-order valence-corrected chi connectivity index (χ2v) is 5.80. The predicted octanol–water partition coefficient (Wildman–Crippen LogP) is 3.83. The summed E-state index contributed by atoms with van der Waals surface area (Å²) >= 11 is 5.19. The van der Waals surface area contributed by atoms with Crippen molar-refractivity contribution in [2.24, 2.45) is 0 Å². The second kappa shape index (κ2) is 4.77. The Morgan fingerprint density at radius 1 is 1.33 bits per heavy atom. The molecule has 2 aromatic heterocycles. The van der Waals surface area contributed by atoms with Crippen LogP contribution in [0.3, 0.4) is 0 Å². The Labute approximate surface area is 101 Å². The van der Waals surface area contributed by atoms with Crippen LogP contribution in [-0.2, 0) is 6.54 Å². The molecule has 0 radical (unpaired) electrons. The molecule has 0 unspecified atom stereocenters. The van der Waals surface area contributed by atoms with Crippen molar-refractivity contribution >= 4 is 33.0 Å². The second-order valence-electron chi connectivity index (χ2n) is 3.25. The van der Waals surface area contributed by atoms with Gasteiger partial charge >= 0.3 is 0 Å².